The minimum atomic E-state index is -1.12. The lowest BCUT2D eigenvalue weighted by molar-refractivity contribution is -0.973. The van der Waals surface area contributed by atoms with Crippen LogP contribution in [0.2, 0.25) is 0 Å². The molecular weight excluding hydrogens is 398 g/mol. The molecule has 0 aliphatic heterocycles. The second-order valence-corrected chi connectivity index (χ2v) is 8.30. The van der Waals surface area contributed by atoms with Crippen LogP contribution in [0.1, 0.15) is 98.3 Å². The second kappa shape index (κ2) is 15.8. The van der Waals surface area contributed by atoms with E-state index >= 15 is 0 Å². The maximum atomic E-state index is 12.1. The van der Waals surface area contributed by atoms with Crippen molar-refractivity contribution in [2.24, 2.45) is 0 Å². The molecule has 0 aliphatic carbocycles. The van der Waals surface area contributed by atoms with Gasteiger partial charge in [0.05, 0.1) is 6.54 Å². The minimum Gasteiger partial charge on any atom is -0.477 e. The van der Waals surface area contributed by atoms with Gasteiger partial charge in [0, 0.05) is 19.3 Å². The lowest BCUT2D eigenvalue weighted by atomic mass is 9.93. The summed E-state index contributed by atoms with van der Waals surface area (Å²) in [6, 6.07) is -3.19. The summed E-state index contributed by atoms with van der Waals surface area (Å²) in [4.78, 5) is 36.4. The maximum Gasteiger partial charge on any atom is 0.362 e. The van der Waals surface area contributed by atoms with Gasteiger partial charge in [0.15, 0.2) is 18.1 Å². The maximum absolute atomic E-state index is 12.1. The summed E-state index contributed by atoms with van der Waals surface area (Å²) in [6.45, 7) is 7.45. The summed E-state index contributed by atoms with van der Waals surface area (Å²) in [5, 5.41) is 29.7. The Labute approximate surface area is 187 Å². The van der Waals surface area contributed by atoms with E-state index in [2.05, 4.69) is 19.1 Å². The van der Waals surface area contributed by atoms with Gasteiger partial charge < -0.3 is 15.3 Å². The highest BCUT2D eigenvalue weighted by Crippen LogP contribution is 2.32. The van der Waals surface area contributed by atoms with Crippen molar-refractivity contribution >= 4 is 17.9 Å². The normalized spacial score (nSPS) is 16.5. The van der Waals surface area contributed by atoms with Crippen molar-refractivity contribution in [1.82, 2.24) is 0 Å². The highest BCUT2D eigenvalue weighted by molar-refractivity contribution is 5.78. The average molecular weight is 443 g/mol. The van der Waals surface area contributed by atoms with Crippen LogP contribution < -0.4 is 0 Å². The Kier molecular flexibility index (Phi) is 14.9. The SMILES string of the molecule is CC/C=C/CCCCCCCC[N+](C(CC)C(=O)O)(C(CC)C(=O)O)C(CC)C(=O)O. The molecule has 0 aliphatic rings. The number of aliphatic carboxylic acids is 3. The van der Waals surface area contributed by atoms with Gasteiger partial charge in [-0.2, -0.15) is 0 Å². The van der Waals surface area contributed by atoms with E-state index in [4.69, 9.17) is 0 Å². The minimum absolute atomic E-state index is 0.189. The molecule has 0 amide bonds. The van der Waals surface area contributed by atoms with Gasteiger partial charge in [-0.1, -0.05) is 59.1 Å². The molecule has 0 aromatic heterocycles. The molecule has 7 heteroatoms. The third-order valence-electron chi connectivity index (χ3n) is 6.32. The zero-order chi connectivity index (χ0) is 23.9. The van der Waals surface area contributed by atoms with Crippen molar-refractivity contribution in [3.63, 3.8) is 0 Å². The van der Waals surface area contributed by atoms with Gasteiger partial charge in [-0.25, -0.2) is 14.4 Å². The van der Waals surface area contributed by atoms with E-state index in [1.807, 2.05) is 0 Å². The number of hydrogen-bond donors (Lipinski definition) is 3. The quantitative estimate of drug-likeness (QED) is 0.146. The first-order valence-electron chi connectivity index (χ1n) is 11.9. The number of carbonyl (C=O) groups is 3. The summed E-state index contributed by atoms with van der Waals surface area (Å²) < 4.78 is -0.411. The van der Waals surface area contributed by atoms with Crippen LogP contribution in [0, 0.1) is 0 Å². The Morgan fingerprint density at radius 2 is 1.03 bits per heavy atom. The zero-order valence-electron chi connectivity index (χ0n) is 19.9. The van der Waals surface area contributed by atoms with Gasteiger partial charge in [0.25, 0.3) is 0 Å². The van der Waals surface area contributed by atoms with E-state index in [1.54, 1.807) is 20.8 Å². The van der Waals surface area contributed by atoms with E-state index in [0.717, 1.165) is 44.9 Å². The fourth-order valence-corrected chi connectivity index (χ4v) is 4.92. The smallest absolute Gasteiger partial charge is 0.362 e. The van der Waals surface area contributed by atoms with E-state index in [0.29, 0.717) is 6.42 Å². The van der Waals surface area contributed by atoms with Crippen LogP contribution in [0.3, 0.4) is 0 Å². The van der Waals surface area contributed by atoms with Gasteiger partial charge in [-0.3, -0.25) is 4.48 Å². The molecule has 0 saturated carbocycles. The number of quaternary nitrogens is 1. The van der Waals surface area contributed by atoms with Crippen LogP contribution in [-0.2, 0) is 14.4 Å². The standard InChI is InChI=1S/C24H43NO6/c1-5-9-10-11-12-13-14-15-16-17-18-25(19(6-2)22(26)27,20(7-3)23(28)29)21(8-4)24(30)31/h9-10,19-21H,5-8,11-18H2,1-4H3,(H2-,26,27,28,29,30,31)/p+1/b10-9+. The molecule has 0 aromatic carbocycles. The third kappa shape index (κ3) is 8.63. The molecule has 180 valence electrons. The van der Waals surface area contributed by atoms with Crippen molar-refractivity contribution in [2.45, 2.75) is 116 Å². The molecule has 0 radical (unpaired) electrons. The predicted molar refractivity (Wildman–Crippen MR) is 122 cm³/mol. The van der Waals surface area contributed by atoms with Crippen molar-refractivity contribution in [2.75, 3.05) is 6.54 Å². The molecule has 3 N–H and O–H groups in total. The largest absolute Gasteiger partial charge is 0.477 e. The van der Waals surface area contributed by atoms with Crippen molar-refractivity contribution in [3.8, 4) is 0 Å². The molecule has 0 heterocycles. The third-order valence-corrected chi connectivity index (χ3v) is 6.32. The Morgan fingerprint density at radius 3 is 1.39 bits per heavy atom. The monoisotopic (exact) mass is 442 g/mol. The summed E-state index contributed by atoms with van der Waals surface area (Å²) in [5.74, 6) is -3.37. The van der Waals surface area contributed by atoms with E-state index in [9.17, 15) is 29.7 Å². The molecule has 0 spiro atoms. The summed E-state index contributed by atoms with van der Waals surface area (Å²) in [5.41, 5.74) is 0. The van der Waals surface area contributed by atoms with Crippen LogP contribution in [0.4, 0.5) is 0 Å². The van der Waals surface area contributed by atoms with Crippen LogP contribution in [0.25, 0.3) is 0 Å². The van der Waals surface area contributed by atoms with Crippen LogP contribution in [0.5, 0.6) is 0 Å². The molecule has 0 saturated heterocycles. The van der Waals surface area contributed by atoms with Crippen molar-refractivity contribution < 1.29 is 34.2 Å². The molecule has 0 rings (SSSR count). The fourth-order valence-electron chi connectivity index (χ4n) is 4.92. The average Bonchev–Trinajstić information content (AvgIpc) is 2.69. The number of allylic oxidation sites excluding steroid dienone is 2. The number of hydrogen-bond acceptors (Lipinski definition) is 3. The molecule has 3 atom stereocenters. The number of unbranched alkanes of at least 4 members (excludes halogenated alkanes) is 6. The van der Waals surface area contributed by atoms with Gasteiger partial charge >= 0.3 is 17.9 Å². The van der Waals surface area contributed by atoms with E-state index in [-0.39, 0.29) is 25.8 Å². The molecule has 31 heavy (non-hydrogen) atoms. The van der Waals surface area contributed by atoms with E-state index in [1.165, 1.54) is 0 Å². The Balaban J connectivity index is 5.47. The molecule has 0 bridgehead atoms. The molecular formula is C24H44NO6+. The number of carboxylic acid groups (broad SMARTS) is 3. The predicted octanol–water partition coefficient (Wildman–Crippen LogP) is 5.09. The van der Waals surface area contributed by atoms with Crippen molar-refractivity contribution in [1.29, 1.82) is 0 Å². The fraction of sp³-hybridized carbons (Fsp3) is 0.792. The summed E-state index contributed by atoms with van der Waals surface area (Å²) >= 11 is 0. The lowest BCUT2D eigenvalue weighted by Gasteiger charge is -2.49. The van der Waals surface area contributed by atoms with Crippen molar-refractivity contribution in [3.05, 3.63) is 12.2 Å². The van der Waals surface area contributed by atoms with E-state index < -0.39 is 40.5 Å². The first-order chi connectivity index (χ1) is 14.7. The highest BCUT2D eigenvalue weighted by Gasteiger charge is 2.55. The van der Waals surface area contributed by atoms with Gasteiger partial charge in [0.2, 0.25) is 0 Å². The van der Waals surface area contributed by atoms with Crippen LogP contribution >= 0.6 is 0 Å². The molecule has 7 nitrogen and oxygen atoms in total. The van der Waals surface area contributed by atoms with Gasteiger partial charge in [0.1, 0.15) is 0 Å². The number of carboxylic acids is 3. The first-order valence-corrected chi connectivity index (χ1v) is 11.9. The Hall–Kier alpha value is -1.89. The zero-order valence-corrected chi connectivity index (χ0v) is 19.9. The Bertz CT molecular complexity index is 519. The van der Waals surface area contributed by atoms with Gasteiger partial charge in [-0.15, -0.1) is 0 Å². The number of nitrogens with zero attached hydrogens (tertiary/aromatic N) is 1. The topological polar surface area (TPSA) is 112 Å². The lowest BCUT2D eigenvalue weighted by Crippen LogP contribution is -2.72. The van der Waals surface area contributed by atoms with Crippen LogP contribution in [0.15, 0.2) is 12.2 Å². The van der Waals surface area contributed by atoms with Crippen LogP contribution in [-0.4, -0.2) is 62.4 Å². The number of rotatable bonds is 19. The summed E-state index contributed by atoms with van der Waals surface area (Å²) in [7, 11) is 0. The second-order valence-electron chi connectivity index (χ2n) is 8.30. The highest BCUT2D eigenvalue weighted by atomic mass is 16.4. The molecule has 0 aromatic rings. The Morgan fingerprint density at radius 1 is 0.645 bits per heavy atom. The first kappa shape index (κ1) is 29.1. The molecule has 0 fully saturated rings. The summed E-state index contributed by atoms with van der Waals surface area (Å²) in [6.07, 6.45) is 12.9. The molecule has 3 unspecified atom stereocenters. The van der Waals surface area contributed by atoms with Gasteiger partial charge in [-0.05, 0) is 32.1 Å².